The van der Waals surface area contributed by atoms with Crippen molar-refractivity contribution < 1.29 is 9.15 Å². The first-order valence-electron chi connectivity index (χ1n) is 10.7. The Morgan fingerprint density at radius 1 is 1.17 bits per heavy atom. The molecule has 0 spiro atoms. The Bertz CT molecular complexity index is 695. The third-order valence-corrected chi connectivity index (χ3v) is 5.13. The second-order valence-electron chi connectivity index (χ2n) is 7.36. The van der Waals surface area contributed by atoms with E-state index < -0.39 is 0 Å². The topological polar surface area (TPSA) is 62.0 Å². The molecular weight excluding hydrogens is 364 g/mol. The highest BCUT2D eigenvalue weighted by molar-refractivity contribution is 5.80. The van der Waals surface area contributed by atoms with E-state index in [2.05, 4.69) is 50.9 Å². The van der Waals surface area contributed by atoms with Gasteiger partial charge in [-0.15, -0.1) is 0 Å². The lowest BCUT2D eigenvalue weighted by atomic mass is 10.0. The molecule has 0 atom stereocenters. The summed E-state index contributed by atoms with van der Waals surface area (Å²) in [6.07, 6.45) is 4.80. The Hall–Kier alpha value is -2.31. The van der Waals surface area contributed by atoms with Crippen LogP contribution in [0, 0.1) is 0 Å². The molecule has 6 heteroatoms. The van der Waals surface area contributed by atoms with Gasteiger partial charge in [-0.05, 0) is 37.5 Å². The molecule has 2 aromatic rings. The molecule has 6 nitrogen and oxygen atoms in total. The normalized spacial score (nSPS) is 16.1. The zero-order chi connectivity index (χ0) is 20.2. The SMILES string of the molecule is CCOCCN=C(NCCc1ccco1)NC1CCN(Cc2ccccc2)CC1. The van der Waals surface area contributed by atoms with Crippen LogP contribution in [0.25, 0.3) is 0 Å². The molecular formula is C23H34N4O2. The van der Waals surface area contributed by atoms with Gasteiger partial charge in [-0.2, -0.15) is 0 Å². The highest BCUT2D eigenvalue weighted by Crippen LogP contribution is 2.13. The van der Waals surface area contributed by atoms with Crippen molar-refractivity contribution in [1.29, 1.82) is 0 Å². The molecule has 0 saturated carbocycles. The molecule has 0 bridgehead atoms. The van der Waals surface area contributed by atoms with E-state index in [1.165, 1.54) is 5.56 Å². The number of aliphatic imine (C=N–C) groups is 1. The molecule has 1 aromatic carbocycles. The van der Waals surface area contributed by atoms with E-state index in [1.54, 1.807) is 6.26 Å². The van der Waals surface area contributed by atoms with Crippen LogP contribution >= 0.6 is 0 Å². The average molecular weight is 399 g/mol. The van der Waals surface area contributed by atoms with E-state index in [0.29, 0.717) is 19.2 Å². The Morgan fingerprint density at radius 3 is 2.72 bits per heavy atom. The number of likely N-dealkylation sites (tertiary alicyclic amines) is 1. The van der Waals surface area contributed by atoms with Gasteiger partial charge in [0.15, 0.2) is 5.96 Å². The Labute approximate surface area is 174 Å². The number of ether oxygens (including phenoxy) is 1. The van der Waals surface area contributed by atoms with Crippen molar-refractivity contribution in [2.75, 3.05) is 39.4 Å². The first-order chi connectivity index (χ1) is 14.3. The molecule has 1 aromatic heterocycles. The summed E-state index contributed by atoms with van der Waals surface area (Å²) < 4.78 is 10.8. The van der Waals surface area contributed by atoms with Gasteiger partial charge in [-0.3, -0.25) is 9.89 Å². The molecule has 2 heterocycles. The van der Waals surface area contributed by atoms with Crippen LogP contribution < -0.4 is 10.6 Å². The maximum absolute atomic E-state index is 5.42. The van der Waals surface area contributed by atoms with Gasteiger partial charge >= 0.3 is 0 Å². The van der Waals surface area contributed by atoms with E-state index in [9.17, 15) is 0 Å². The summed E-state index contributed by atoms with van der Waals surface area (Å²) in [5.41, 5.74) is 1.39. The van der Waals surface area contributed by atoms with Gasteiger partial charge in [0.25, 0.3) is 0 Å². The van der Waals surface area contributed by atoms with Gasteiger partial charge in [0.1, 0.15) is 5.76 Å². The third-order valence-electron chi connectivity index (χ3n) is 5.13. The van der Waals surface area contributed by atoms with Gasteiger partial charge in [-0.25, -0.2) is 0 Å². The maximum Gasteiger partial charge on any atom is 0.191 e. The summed E-state index contributed by atoms with van der Waals surface area (Å²) in [6, 6.07) is 15.1. The van der Waals surface area contributed by atoms with Crippen molar-refractivity contribution in [3.63, 3.8) is 0 Å². The fraction of sp³-hybridized carbons (Fsp3) is 0.522. The fourth-order valence-electron chi connectivity index (χ4n) is 3.55. The van der Waals surface area contributed by atoms with Crippen molar-refractivity contribution >= 4 is 5.96 Å². The quantitative estimate of drug-likeness (QED) is 0.366. The fourth-order valence-corrected chi connectivity index (χ4v) is 3.55. The van der Waals surface area contributed by atoms with Gasteiger partial charge in [0.05, 0.1) is 19.4 Å². The third kappa shape index (κ3) is 7.91. The molecule has 0 unspecified atom stereocenters. The summed E-state index contributed by atoms with van der Waals surface area (Å²) in [4.78, 5) is 7.22. The average Bonchev–Trinajstić information content (AvgIpc) is 3.27. The largest absolute Gasteiger partial charge is 0.469 e. The lowest BCUT2D eigenvalue weighted by Crippen LogP contribution is -2.49. The van der Waals surface area contributed by atoms with E-state index in [1.807, 2.05) is 19.1 Å². The number of benzene rings is 1. The van der Waals surface area contributed by atoms with E-state index in [-0.39, 0.29) is 0 Å². The first-order valence-corrected chi connectivity index (χ1v) is 10.7. The second kappa shape index (κ2) is 12.3. The smallest absolute Gasteiger partial charge is 0.191 e. The summed E-state index contributed by atoms with van der Waals surface area (Å²) >= 11 is 0. The van der Waals surface area contributed by atoms with Crippen LogP contribution in [0.2, 0.25) is 0 Å². The second-order valence-corrected chi connectivity index (χ2v) is 7.36. The maximum atomic E-state index is 5.42. The van der Waals surface area contributed by atoms with E-state index in [0.717, 1.165) is 63.8 Å². The molecule has 1 aliphatic heterocycles. The number of piperidine rings is 1. The Kier molecular flexibility index (Phi) is 9.07. The molecule has 1 fully saturated rings. The number of hydrogen-bond donors (Lipinski definition) is 2. The van der Waals surface area contributed by atoms with E-state index in [4.69, 9.17) is 9.15 Å². The van der Waals surface area contributed by atoms with Crippen LogP contribution in [0.15, 0.2) is 58.1 Å². The predicted octanol–water partition coefficient (Wildman–Crippen LogP) is 3.06. The minimum atomic E-state index is 0.448. The number of nitrogens with zero attached hydrogens (tertiary/aromatic N) is 2. The lowest BCUT2D eigenvalue weighted by Gasteiger charge is -2.33. The van der Waals surface area contributed by atoms with Crippen molar-refractivity contribution in [3.8, 4) is 0 Å². The molecule has 29 heavy (non-hydrogen) atoms. The summed E-state index contributed by atoms with van der Waals surface area (Å²) in [7, 11) is 0. The molecule has 2 N–H and O–H groups in total. The highest BCUT2D eigenvalue weighted by atomic mass is 16.5. The number of hydrogen-bond acceptors (Lipinski definition) is 4. The zero-order valence-corrected chi connectivity index (χ0v) is 17.5. The van der Waals surface area contributed by atoms with E-state index >= 15 is 0 Å². The van der Waals surface area contributed by atoms with Gasteiger partial charge in [-0.1, -0.05) is 30.3 Å². The van der Waals surface area contributed by atoms with Crippen LogP contribution in [0.3, 0.4) is 0 Å². The van der Waals surface area contributed by atoms with Crippen LogP contribution in [-0.2, 0) is 17.7 Å². The number of furan rings is 1. The van der Waals surface area contributed by atoms with Crippen molar-refractivity contribution in [2.45, 2.75) is 38.8 Å². The van der Waals surface area contributed by atoms with Crippen LogP contribution in [0.1, 0.15) is 31.1 Å². The predicted molar refractivity (Wildman–Crippen MR) is 117 cm³/mol. The Morgan fingerprint density at radius 2 is 2.00 bits per heavy atom. The zero-order valence-electron chi connectivity index (χ0n) is 17.5. The van der Waals surface area contributed by atoms with Crippen LogP contribution in [0.4, 0.5) is 0 Å². The molecule has 0 amide bonds. The van der Waals surface area contributed by atoms with Crippen LogP contribution in [-0.4, -0.2) is 56.3 Å². The minimum absolute atomic E-state index is 0.448. The van der Waals surface area contributed by atoms with Crippen LogP contribution in [0.5, 0.6) is 0 Å². The van der Waals surface area contributed by atoms with Gasteiger partial charge < -0.3 is 19.8 Å². The van der Waals surface area contributed by atoms with Crippen molar-refractivity contribution in [3.05, 3.63) is 60.1 Å². The molecule has 3 rings (SSSR count). The van der Waals surface area contributed by atoms with Gasteiger partial charge in [0, 0.05) is 45.2 Å². The molecule has 1 aliphatic rings. The molecule has 158 valence electrons. The highest BCUT2D eigenvalue weighted by Gasteiger charge is 2.20. The van der Waals surface area contributed by atoms with Gasteiger partial charge in [0.2, 0.25) is 0 Å². The summed E-state index contributed by atoms with van der Waals surface area (Å²) in [5.74, 6) is 1.86. The molecule has 0 aliphatic carbocycles. The number of nitrogens with one attached hydrogen (secondary N) is 2. The number of rotatable bonds is 10. The Balaban J connectivity index is 1.44. The minimum Gasteiger partial charge on any atom is -0.469 e. The lowest BCUT2D eigenvalue weighted by molar-refractivity contribution is 0.155. The summed E-state index contributed by atoms with van der Waals surface area (Å²) in [6.45, 7) is 8.08. The standard InChI is InChI=1S/C23H34N4O2/c1-2-28-18-14-25-23(24-13-10-22-9-6-17-29-22)26-21-11-15-27(16-12-21)19-20-7-4-3-5-8-20/h3-9,17,21H,2,10-16,18-19H2,1H3,(H2,24,25,26). The number of guanidine groups is 1. The monoisotopic (exact) mass is 398 g/mol. The molecule has 1 saturated heterocycles. The first kappa shape index (κ1) is 21.4. The summed E-state index contributed by atoms with van der Waals surface area (Å²) in [5, 5.41) is 7.07. The van der Waals surface area contributed by atoms with Crippen molar-refractivity contribution in [2.24, 2.45) is 4.99 Å². The van der Waals surface area contributed by atoms with Crippen molar-refractivity contribution in [1.82, 2.24) is 15.5 Å². The molecule has 0 radical (unpaired) electrons.